The van der Waals surface area contributed by atoms with Crippen molar-refractivity contribution in [3.63, 3.8) is 0 Å². The lowest BCUT2D eigenvalue weighted by atomic mass is 10.4. The molecular weight excluding hydrogens is 210 g/mol. The van der Waals surface area contributed by atoms with Gasteiger partial charge in [-0.1, -0.05) is 0 Å². The van der Waals surface area contributed by atoms with E-state index in [0.29, 0.717) is 10.4 Å². The van der Waals surface area contributed by atoms with Crippen molar-refractivity contribution in [2.75, 3.05) is 7.11 Å². The van der Waals surface area contributed by atoms with E-state index < -0.39 is 0 Å². The minimum atomic E-state index is -0.0577. The summed E-state index contributed by atoms with van der Waals surface area (Å²) < 4.78 is 7.10. The molecule has 0 radical (unpaired) electrons. The molecule has 0 aliphatic carbocycles. The Bertz CT molecular complexity index is 319. The van der Waals surface area contributed by atoms with Gasteiger partial charge in [-0.15, -0.1) is 0 Å². The molecule has 0 aromatic carbocycles. The van der Waals surface area contributed by atoms with Crippen molar-refractivity contribution in [1.82, 2.24) is 4.57 Å². The van der Waals surface area contributed by atoms with Crippen LogP contribution in [0.25, 0.3) is 0 Å². The summed E-state index contributed by atoms with van der Waals surface area (Å²) >= 11 is 3.23. The maximum absolute atomic E-state index is 11.0. The van der Waals surface area contributed by atoms with Gasteiger partial charge in [0, 0.05) is 13.1 Å². The predicted molar refractivity (Wildman–Crippen MR) is 45.9 cm³/mol. The van der Waals surface area contributed by atoms with Crippen LogP contribution in [0, 0.1) is 0 Å². The highest BCUT2D eigenvalue weighted by molar-refractivity contribution is 9.10. The molecule has 0 atom stereocenters. The average molecular weight is 218 g/mol. The van der Waals surface area contributed by atoms with Gasteiger partial charge in [-0.25, -0.2) is 0 Å². The monoisotopic (exact) mass is 217 g/mol. The fourth-order valence-corrected chi connectivity index (χ4v) is 1.21. The minimum absolute atomic E-state index is 0.0577. The molecule has 1 rings (SSSR count). The van der Waals surface area contributed by atoms with Gasteiger partial charge in [0.2, 0.25) is 0 Å². The Morgan fingerprint density at radius 2 is 2.18 bits per heavy atom. The molecule has 1 aromatic heterocycles. The summed E-state index contributed by atoms with van der Waals surface area (Å²) in [5, 5.41) is 0. The molecule has 0 bridgehead atoms. The first-order valence-electron chi connectivity index (χ1n) is 3.06. The van der Waals surface area contributed by atoms with Crippen LogP contribution >= 0.6 is 15.9 Å². The highest BCUT2D eigenvalue weighted by atomic mass is 79.9. The largest absolute Gasteiger partial charge is 0.494 e. The quantitative estimate of drug-likeness (QED) is 0.662. The Balaban J connectivity index is 3.37. The van der Waals surface area contributed by atoms with Crippen LogP contribution in [0.4, 0.5) is 0 Å². The maximum Gasteiger partial charge on any atom is 0.251 e. The van der Waals surface area contributed by atoms with E-state index in [1.165, 1.54) is 10.6 Å². The molecule has 0 unspecified atom stereocenters. The number of halogens is 1. The number of methoxy groups -OCH3 is 1. The lowest BCUT2D eigenvalue weighted by Crippen LogP contribution is -2.16. The van der Waals surface area contributed by atoms with Crippen LogP contribution < -0.4 is 10.3 Å². The zero-order valence-corrected chi connectivity index (χ0v) is 7.88. The highest BCUT2D eigenvalue weighted by Crippen LogP contribution is 2.20. The van der Waals surface area contributed by atoms with E-state index in [0.717, 1.165) is 0 Å². The van der Waals surface area contributed by atoms with E-state index in [1.54, 1.807) is 20.2 Å². The van der Waals surface area contributed by atoms with Crippen molar-refractivity contribution >= 4 is 15.9 Å². The third kappa shape index (κ3) is 1.45. The second-order valence-electron chi connectivity index (χ2n) is 2.09. The molecule has 0 saturated carbocycles. The first-order valence-corrected chi connectivity index (χ1v) is 3.85. The average Bonchev–Trinajstić information content (AvgIpc) is 2.01. The molecule has 11 heavy (non-hydrogen) atoms. The van der Waals surface area contributed by atoms with E-state index in [2.05, 4.69) is 15.9 Å². The fourth-order valence-electron chi connectivity index (χ4n) is 0.742. The second kappa shape index (κ2) is 3.09. The SMILES string of the molecule is COc1ccc(=O)n(C)c1Br. The molecule has 4 heteroatoms. The third-order valence-electron chi connectivity index (χ3n) is 1.43. The van der Waals surface area contributed by atoms with E-state index in [4.69, 9.17) is 4.74 Å². The number of nitrogens with zero attached hydrogens (tertiary/aromatic N) is 1. The smallest absolute Gasteiger partial charge is 0.251 e. The van der Waals surface area contributed by atoms with Gasteiger partial charge in [0.25, 0.3) is 5.56 Å². The van der Waals surface area contributed by atoms with Crippen LogP contribution in [0.15, 0.2) is 21.5 Å². The predicted octanol–water partition coefficient (Wildman–Crippen LogP) is 1.16. The topological polar surface area (TPSA) is 31.2 Å². The standard InChI is InChI=1S/C7H8BrNO2/c1-9-6(10)4-3-5(11-2)7(9)8/h3-4H,1-2H3. The van der Waals surface area contributed by atoms with Gasteiger partial charge in [0.15, 0.2) is 0 Å². The van der Waals surface area contributed by atoms with Crippen molar-refractivity contribution in [2.24, 2.45) is 7.05 Å². The van der Waals surface area contributed by atoms with Gasteiger partial charge >= 0.3 is 0 Å². The van der Waals surface area contributed by atoms with Crippen LogP contribution in [0.1, 0.15) is 0 Å². The lowest BCUT2D eigenvalue weighted by Gasteiger charge is -2.05. The van der Waals surface area contributed by atoms with Crippen molar-refractivity contribution in [1.29, 1.82) is 0 Å². The molecule has 0 fully saturated rings. The summed E-state index contributed by atoms with van der Waals surface area (Å²) in [6, 6.07) is 3.09. The van der Waals surface area contributed by atoms with Gasteiger partial charge in [-0.05, 0) is 22.0 Å². The van der Waals surface area contributed by atoms with Crippen LogP contribution in [-0.2, 0) is 7.05 Å². The fraction of sp³-hybridized carbons (Fsp3) is 0.286. The molecule has 0 saturated heterocycles. The minimum Gasteiger partial charge on any atom is -0.494 e. The van der Waals surface area contributed by atoms with E-state index >= 15 is 0 Å². The summed E-state index contributed by atoms with van der Waals surface area (Å²) in [5.74, 6) is 0.659. The van der Waals surface area contributed by atoms with Crippen LogP contribution in [0.5, 0.6) is 5.75 Å². The molecule has 0 N–H and O–H groups in total. The van der Waals surface area contributed by atoms with Gasteiger partial charge in [-0.3, -0.25) is 4.79 Å². The third-order valence-corrected chi connectivity index (χ3v) is 2.35. The van der Waals surface area contributed by atoms with Crippen LogP contribution in [0.3, 0.4) is 0 Å². The lowest BCUT2D eigenvalue weighted by molar-refractivity contribution is 0.406. The van der Waals surface area contributed by atoms with Crippen molar-refractivity contribution < 1.29 is 4.74 Å². The molecule has 0 aliphatic heterocycles. The normalized spacial score (nSPS) is 9.73. The molecule has 3 nitrogen and oxygen atoms in total. The Hall–Kier alpha value is -0.770. The summed E-state index contributed by atoms with van der Waals surface area (Å²) in [4.78, 5) is 11.0. The number of aromatic nitrogens is 1. The van der Waals surface area contributed by atoms with Crippen LogP contribution in [-0.4, -0.2) is 11.7 Å². The summed E-state index contributed by atoms with van der Waals surface area (Å²) in [5.41, 5.74) is -0.0577. The van der Waals surface area contributed by atoms with Gasteiger partial charge < -0.3 is 9.30 Å². The van der Waals surface area contributed by atoms with Crippen molar-refractivity contribution in [3.05, 3.63) is 27.1 Å². The molecular formula is C7H8BrNO2. The first kappa shape index (κ1) is 8.33. The Morgan fingerprint density at radius 3 is 2.73 bits per heavy atom. The number of ether oxygens (including phenoxy) is 1. The number of rotatable bonds is 1. The number of hydrogen-bond donors (Lipinski definition) is 0. The number of hydrogen-bond acceptors (Lipinski definition) is 2. The molecule has 60 valence electrons. The molecule has 0 amide bonds. The highest BCUT2D eigenvalue weighted by Gasteiger charge is 2.02. The zero-order chi connectivity index (χ0) is 8.43. The Morgan fingerprint density at radius 1 is 1.55 bits per heavy atom. The Kier molecular flexibility index (Phi) is 2.34. The van der Waals surface area contributed by atoms with E-state index in [9.17, 15) is 4.79 Å². The zero-order valence-electron chi connectivity index (χ0n) is 6.30. The second-order valence-corrected chi connectivity index (χ2v) is 2.84. The summed E-state index contributed by atoms with van der Waals surface area (Å²) in [6.07, 6.45) is 0. The van der Waals surface area contributed by atoms with Crippen LogP contribution in [0.2, 0.25) is 0 Å². The Labute approximate surface area is 72.7 Å². The number of pyridine rings is 1. The van der Waals surface area contributed by atoms with E-state index in [-0.39, 0.29) is 5.56 Å². The van der Waals surface area contributed by atoms with Gasteiger partial charge in [-0.2, -0.15) is 0 Å². The molecule has 1 aromatic rings. The van der Waals surface area contributed by atoms with Crippen molar-refractivity contribution in [3.8, 4) is 5.75 Å². The summed E-state index contributed by atoms with van der Waals surface area (Å²) in [7, 11) is 3.24. The first-order chi connectivity index (χ1) is 5.16. The maximum atomic E-state index is 11.0. The summed E-state index contributed by atoms with van der Waals surface area (Å²) in [6.45, 7) is 0. The molecule has 1 heterocycles. The van der Waals surface area contributed by atoms with Crippen molar-refractivity contribution in [2.45, 2.75) is 0 Å². The van der Waals surface area contributed by atoms with Gasteiger partial charge in [0.05, 0.1) is 7.11 Å². The van der Waals surface area contributed by atoms with Gasteiger partial charge in [0.1, 0.15) is 10.4 Å². The molecule has 0 spiro atoms. The van der Waals surface area contributed by atoms with E-state index in [1.807, 2.05) is 0 Å². The molecule has 0 aliphatic rings.